The van der Waals surface area contributed by atoms with E-state index in [1.165, 1.54) is 38.5 Å². The lowest BCUT2D eigenvalue weighted by Crippen LogP contribution is -2.38. The van der Waals surface area contributed by atoms with Gasteiger partial charge in [0.05, 0.1) is 0 Å². The summed E-state index contributed by atoms with van der Waals surface area (Å²) in [7, 11) is 0. The molecule has 3 heteroatoms. The van der Waals surface area contributed by atoms with Crippen molar-refractivity contribution in [2.24, 2.45) is 11.8 Å². The zero-order chi connectivity index (χ0) is 13.4. The van der Waals surface area contributed by atoms with E-state index in [0.29, 0.717) is 5.92 Å². The summed E-state index contributed by atoms with van der Waals surface area (Å²) < 4.78 is 0. The van der Waals surface area contributed by atoms with Gasteiger partial charge in [-0.15, -0.1) is 0 Å². The third-order valence-corrected chi connectivity index (χ3v) is 3.92. The molecule has 1 aliphatic rings. The van der Waals surface area contributed by atoms with Crippen LogP contribution in [0, 0.1) is 11.8 Å². The van der Waals surface area contributed by atoms with Gasteiger partial charge >= 0.3 is 5.97 Å². The number of nitrogens with one attached hydrogen (secondary N) is 1. The Morgan fingerprint density at radius 3 is 2.33 bits per heavy atom. The van der Waals surface area contributed by atoms with E-state index in [0.717, 1.165) is 25.3 Å². The van der Waals surface area contributed by atoms with Gasteiger partial charge in [-0.05, 0) is 31.2 Å². The molecule has 0 radical (unpaired) electrons. The van der Waals surface area contributed by atoms with Crippen LogP contribution in [0.2, 0.25) is 0 Å². The molecule has 0 spiro atoms. The average molecular weight is 255 g/mol. The molecule has 1 fully saturated rings. The minimum Gasteiger partial charge on any atom is -0.480 e. The zero-order valence-corrected chi connectivity index (χ0v) is 12.0. The van der Waals surface area contributed by atoms with Crippen molar-refractivity contribution >= 4 is 5.97 Å². The molecule has 1 rings (SSSR count). The van der Waals surface area contributed by atoms with Crippen LogP contribution in [0.3, 0.4) is 0 Å². The average Bonchev–Trinajstić information content (AvgIpc) is 2.55. The molecule has 0 bridgehead atoms. The van der Waals surface area contributed by atoms with Crippen molar-refractivity contribution in [1.29, 1.82) is 0 Å². The molecule has 106 valence electrons. The Labute approximate surface area is 111 Å². The van der Waals surface area contributed by atoms with Crippen molar-refractivity contribution < 1.29 is 9.90 Å². The van der Waals surface area contributed by atoms with Crippen LogP contribution in [0.5, 0.6) is 0 Å². The Bertz CT molecular complexity index is 233. The number of hydrogen-bond donors (Lipinski definition) is 2. The molecular formula is C15H29NO2. The largest absolute Gasteiger partial charge is 0.480 e. The predicted octanol–water partition coefficient (Wildman–Crippen LogP) is 3.44. The summed E-state index contributed by atoms with van der Waals surface area (Å²) in [6, 6.07) is -0.365. The lowest BCUT2D eigenvalue weighted by atomic mass is 9.96. The first kappa shape index (κ1) is 15.5. The van der Waals surface area contributed by atoms with Gasteiger partial charge in [-0.25, -0.2) is 0 Å². The molecule has 0 heterocycles. The van der Waals surface area contributed by atoms with Gasteiger partial charge in [-0.1, -0.05) is 52.4 Å². The van der Waals surface area contributed by atoms with Gasteiger partial charge in [0.15, 0.2) is 0 Å². The Hall–Kier alpha value is -0.570. The van der Waals surface area contributed by atoms with Crippen LogP contribution >= 0.6 is 0 Å². The van der Waals surface area contributed by atoms with Gasteiger partial charge < -0.3 is 10.4 Å². The molecule has 1 atom stereocenters. The third-order valence-electron chi connectivity index (χ3n) is 3.92. The smallest absolute Gasteiger partial charge is 0.320 e. The van der Waals surface area contributed by atoms with Gasteiger partial charge in [-0.3, -0.25) is 4.79 Å². The maximum atomic E-state index is 11.1. The predicted molar refractivity (Wildman–Crippen MR) is 74.7 cm³/mol. The Morgan fingerprint density at radius 2 is 1.83 bits per heavy atom. The van der Waals surface area contributed by atoms with E-state index in [1.54, 1.807) is 0 Å². The highest BCUT2D eigenvalue weighted by molar-refractivity contribution is 5.73. The normalized spacial score (nSPS) is 19.7. The fourth-order valence-electron chi connectivity index (χ4n) is 2.86. The van der Waals surface area contributed by atoms with E-state index in [1.807, 2.05) is 0 Å². The van der Waals surface area contributed by atoms with E-state index in [2.05, 4.69) is 19.2 Å². The first-order valence-electron chi connectivity index (χ1n) is 7.55. The zero-order valence-electron chi connectivity index (χ0n) is 12.0. The highest BCUT2D eigenvalue weighted by atomic mass is 16.4. The molecule has 0 aromatic carbocycles. The molecule has 0 aliphatic heterocycles. The van der Waals surface area contributed by atoms with Crippen LogP contribution < -0.4 is 5.32 Å². The first-order chi connectivity index (χ1) is 8.59. The molecule has 0 aromatic rings. The molecule has 0 saturated heterocycles. The summed E-state index contributed by atoms with van der Waals surface area (Å²) in [5.41, 5.74) is 0. The lowest BCUT2D eigenvalue weighted by Gasteiger charge is -2.19. The van der Waals surface area contributed by atoms with Crippen molar-refractivity contribution in [2.75, 3.05) is 6.54 Å². The van der Waals surface area contributed by atoms with Crippen molar-refractivity contribution in [3.05, 3.63) is 0 Å². The number of carboxylic acids is 1. The Morgan fingerprint density at radius 1 is 1.22 bits per heavy atom. The molecule has 0 unspecified atom stereocenters. The molecule has 1 saturated carbocycles. The summed E-state index contributed by atoms with van der Waals surface area (Å²) in [4.78, 5) is 11.1. The number of carboxylic acid groups (broad SMARTS) is 1. The maximum Gasteiger partial charge on any atom is 0.320 e. The third kappa shape index (κ3) is 6.39. The Balaban J connectivity index is 2.22. The Kier molecular flexibility index (Phi) is 7.33. The fraction of sp³-hybridized carbons (Fsp3) is 0.933. The van der Waals surface area contributed by atoms with Crippen molar-refractivity contribution in [1.82, 2.24) is 5.32 Å². The molecule has 1 aliphatic carbocycles. The van der Waals surface area contributed by atoms with Gasteiger partial charge in [-0.2, -0.15) is 0 Å². The van der Waals surface area contributed by atoms with Crippen molar-refractivity contribution in [3.63, 3.8) is 0 Å². The van der Waals surface area contributed by atoms with Crippen molar-refractivity contribution in [3.8, 4) is 0 Å². The second-order valence-corrected chi connectivity index (χ2v) is 6.12. The second kappa shape index (κ2) is 8.52. The van der Waals surface area contributed by atoms with Gasteiger partial charge in [0.2, 0.25) is 0 Å². The van der Waals surface area contributed by atoms with Crippen LogP contribution in [0.25, 0.3) is 0 Å². The highest BCUT2D eigenvalue weighted by Gasteiger charge is 2.19. The van der Waals surface area contributed by atoms with E-state index in [9.17, 15) is 4.79 Å². The number of rotatable bonds is 7. The second-order valence-electron chi connectivity index (χ2n) is 6.12. The van der Waals surface area contributed by atoms with E-state index < -0.39 is 5.97 Å². The van der Waals surface area contributed by atoms with Crippen LogP contribution in [0.15, 0.2) is 0 Å². The standard InChI is InChI=1S/C15H29NO2/c1-12(2)11-14(15(17)18)16-10-9-13-7-5-3-4-6-8-13/h12-14,16H,3-11H2,1-2H3,(H,17,18)/t14-/m1/s1. The monoisotopic (exact) mass is 255 g/mol. The van der Waals surface area contributed by atoms with E-state index in [4.69, 9.17) is 5.11 Å². The maximum absolute atomic E-state index is 11.1. The molecule has 0 aromatic heterocycles. The summed E-state index contributed by atoms with van der Waals surface area (Å²) in [6.07, 6.45) is 10.0. The van der Waals surface area contributed by atoms with Crippen molar-refractivity contribution in [2.45, 2.75) is 71.3 Å². The van der Waals surface area contributed by atoms with Crippen LogP contribution in [-0.4, -0.2) is 23.7 Å². The first-order valence-corrected chi connectivity index (χ1v) is 7.55. The molecule has 3 nitrogen and oxygen atoms in total. The highest BCUT2D eigenvalue weighted by Crippen LogP contribution is 2.24. The topological polar surface area (TPSA) is 49.3 Å². The van der Waals surface area contributed by atoms with E-state index in [-0.39, 0.29) is 6.04 Å². The van der Waals surface area contributed by atoms with Crippen LogP contribution in [0.4, 0.5) is 0 Å². The quantitative estimate of drug-likeness (QED) is 0.685. The van der Waals surface area contributed by atoms with Gasteiger partial charge in [0.25, 0.3) is 0 Å². The van der Waals surface area contributed by atoms with Crippen LogP contribution in [-0.2, 0) is 4.79 Å². The SMILES string of the molecule is CC(C)C[C@@H](NCCC1CCCCCC1)C(=O)O. The number of carbonyl (C=O) groups is 1. The molecule has 0 amide bonds. The summed E-state index contributed by atoms with van der Waals surface area (Å²) in [6.45, 7) is 5.00. The minimum absolute atomic E-state index is 0.365. The molecular weight excluding hydrogens is 226 g/mol. The minimum atomic E-state index is -0.704. The summed E-state index contributed by atoms with van der Waals surface area (Å²) in [5.74, 6) is 0.537. The molecule has 18 heavy (non-hydrogen) atoms. The number of aliphatic carboxylic acids is 1. The lowest BCUT2D eigenvalue weighted by molar-refractivity contribution is -0.139. The fourth-order valence-corrected chi connectivity index (χ4v) is 2.86. The number of hydrogen-bond acceptors (Lipinski definition) is 2. The van der Waals surface area contributed by atoms with Crippen LogP contribution in [0.1, 0.15) is 65.2 Å². The molecule has 2 N–H and O–H groups in total. The summed E-state index contributed by atoms with van der Waals surface area (Å²) >= 11 is 0. The van der Waals surface area contributed by atoms with Gasteiger partial charge in [0.1, 0.15) is 6.04 Å². The van der Waals surface area contributed by atoms with E-state index >= 15 is 0 Å². The van der Waals surface area contributed by atoms with Gasteiger partial charge in [0, 0.05) is 0 Å². The summed E-state index contributed by atoms with van der Waals surface area (Å²) in [5, 5.41) is 12.4.